The molecule has 156 valence electrons. The van der Waals surface area contributed by atoms with Crippen LogP contribution in [0.2, 0.25) is 0 Å². The summed E-state index contributed by atoms with van der Waals surface area (Å²) in [5, 5.41) is 8.04. The second-order valence-electron chi connectivity index (χ2n) is 7.88. The third kappa shape index (κ3) is 4.28. The van der Waals surface area contributed by atoms with Crippen molar-refractivity contribution in [3.8, 4) is 0 Å². The number of carbonyl (C=O) groups excluding carboxylic acids is 1. The molecule has 3 aromatic rings. The summed E-state index contributed by atoms with van der Waals surface area (Å²) in [6.07, 6.45) is 5.25. The molecule has 1 amide bonds. The Morgan fingerprint density at radius 3 is 2.60 bits per heavy atom. The average molecular weight is 404 g/mol. The minimum atomic E-state index is 0.0799. The van der Waals surface area contributed by atoms with E-state index >= 15 is 0 Å². The monoisotopic (exact) mass is 403 g/mol. The highest BCUT2D eigenvalue weighted by molar-refractivity contribution is 5.91. The molecule has 0 unspecified atom stereocenters. The first kappa shape index (κ1) is 20.3. The van der Waals surface area contributed by atoms with E-state index in [0.29, 0.717) is 0 Å². The van der Waals surface area contributed by atoms with Gasteiger partial charge in [-0.15, -0.1) is 0 Å². The zero-order valence-electron chi connectivity index (χ0n) is 18.0. The SMILES string of the molecule is CCc1nn2c(C)cc(C)nc2c1Cc1ccc(C=CC(=O)N2CCNCC2)cc1. The van der Waals surface area contributed by atoms with Crippen molar-refractivity contribution in [1.29, 1.82) is 0 Å². The van der Waals surface area contributed by atoms with Gasteiger partial charge < -0.3 is 10.2 Å². The summed E-state index contributed by atoms with van der Waals surface area (Å²) in [7, 11) is 0. The molecule has 1 N–H and O–H groups in total. The van der Waals surface area contributed by atoms with Crippen molar-refractivity contribution in [3.63, 3.8) is 0 Å². The number of piperazine rings is 1. The van der Waals surface area contributed by atoms with E-state index in [4.69, 9.17) is 10.1 Å². The highest BCUT2D eigenvalue weighted by Crippen LogP contribution is 2.21. The number of fused-ring (bicyclic) bond motifs is 1. The number of aromatic nitrogens is 3. The molecule has 1 saturated heterocycles. The standard InChI is InChI=1S/C24H29N5O/c1-4-22-21(24-26-17(2)15-18(3)29(24)27-22)16-20-7-5-19(6-8-20)9-10-23(30)28-13-11-25-12-14-28/h5-10,15,25H,4,11-14,16H2,1-3H3. The first-order valence-corrected chi connectivity index (χ1v) is 10.7. The molecule has 0 aliphatic carbocycles. The summed E-state index contributed by atoms with van der Waals surface area (Å²) in [4.78, 5) is 18.9. The zero-order chi connectivity index (χ0) is 21.1. The first-order chi connectivity index (χ1) is 14.5. The average Bonchev–Trinajstić information content (AvgIpc) is 3.11. The second-order valence-corrected chi connectivity index (χ2v) is 7.88. The van der Waals surface area contributed by atoms with Crippen LogP contribution in [0.1, 0.15) is 40.7 Å². The molecule has 3 heterocycles. The van der Waals surface area contributed by atoms with Crippen molar-refractivity contribution in [2.45, 2.75) is 33.6 Å². The summed E-state index contributed by atoms with van der Waals surface area (Å²) in [6, 6.07) is 10.4. The smallest absolute Gasteiger partial charge is 0.246 e. The van der Waals surface area contributed by atoms with E-state index in [2.05, 4.69) is 49.5 Å². The van der Waals surface area contributed by atoms with Crippen molar-refractivity contribution in [2.24, 2.45) is 0 Å². The topological polar surface area (TPSA) is 62.5 Å². The molecule has 0 atom stereocenters. The van der Waals surface area contributed by atoms with Gasteiger partial charge in [-0.05, 0) is 43.5 Å². The number of hydrogen-bond acceptors (Lipinski definition) is 4. The maximum absolute atomic E-state index is 12.3. The third-order valence-electron chi connectivity index (χ3n) is 5.62. The van der Waals surface area contributed by atoms with Crippen molar-refractivity contribution in [3.05, 3.63) is 70.2 Å². The molecule has 1 fully saturated rings. The Hall–Kier alpha value is -2.99. The number of amides is 1. The van der Waals surface area contributed by atoms with Gasteiger partial charge in [0.25, 0.3) is 0 Å². The van der Waals surface area contributed by atoms with Crippen molar-refractivity contribution in [2.75, 3.05) is 26.2 Å². The van der Waals surface area contributed by atoms with Gasteiger partial charge in [0.15, 0.2) is 5.65 Å². The van der Waals surface area contributed by atoms with E-state index < -0.39 is 0 Å². The van der Waals surface area contributed by atoms with Crippen LogP contribution in [0.4, 0.5) is 0 Å². The van der Waals surface area contributed by atoms with Gasteiger partial charge in [0, 0.05) is 55.6 Å². The molecule has 1 aliphatic heterocycles. The normalized spacial score (nSPS) is 14.7. The van der Waals surface area contributed by atoms with Crippen LogP contribution in [-0.2, 0) is 17.6 Å². The van der Waals surface area contributed by atoms with Crippen molar-refractivity contribution in [1.82, 2.24) is 24.8 Å². The van der Waals surface area contributed by atoms with E-state index in [1.165, 1.54) is 11.1 Å². The molecular formula is C24H29N5O. The minimum Gasteiger partial charge on any atom is -0.337 e. The Balaban J connectivity index is 1.51. The summed E-state index contributed by atoms with van der Waals surface area (Å²) < 4.78 is 1.96. The predicted molar refractivity (Wildman–Crippen MR) is 120 cm³/mol. The fraction of sp³-hybridized carbons (Fsp3) is 0.375. The molecule has 4 rings (SSSR count). The van der Waals surface area contributed by atoms with Gasteiger partial charge in [0.1, 0.15) is 0 Å². The highest BCUT2D eigenvalue weighted by Gasteiger charge is 2.15. The zero-order valence-corrected chi connectivity index (χ0v) is 18.0. The lowest BCUT2D eigenvalue weighted by Gasteiger charge is -2.26. The molecule has 1 aliphatic rings. The lowest BCUT2D eigenvalue weighted by molar-refractivity contribution is -0.126. The number of hydrogen-bond donors (Lipinski definition) is 1. The number of carbonyl (C=O) groups is 1. The summed E-state index contributed by atoms with van der Waals surface area (Å²) in [5.74, 6) is 0.0799. The molecular weight excluding hydrogens is 374 g/mol. The van der Waals surface area contributed by atoms with Crippen LogP contribution in [0.15, 0.2) is 36.4 Å². The van der Waals surface area contributed by atoms with E-state index in [1.807, 2.05) is 22.4 Å². The summed E-state index contributed by atoms with van der Waals surface area (Å²) >= 11 is 0. The largest absolute Gasteiger partial charge is 0.337 e. The maximum atomic E-state index is 12.3. The predicted octanol–water partition coefficient (Wildman–Crippen LogP) is 2.94. The van der Waals surface area contributed by atoms with Crippen LogP contribution in [0.25, 0.3) is 11.7 Å². The van der Waals surface area contributed by atoms with Crippen LogP contribution in [0, 0.1) is 13.8 Å². The van der Waals surface area contributed by atoms with Gasteiger partial charge in [-0.1, -0.05) is 31.2 Å². The molecule has 30 heavy (non-hydrogen) atoms. The number of nitrogens with one attached hydrogen (secondary N) is 1. The summed E-state index contributed by atoms with van der Waals surface area (Å²) in [6.45, 7) is 9.51. The molecule has 6 nitrogen and oxygen atoms in total. The van der Waals surface area contributed by atoms with E-state index in [1.54, 1.807) is 6.08 Å². The van der Waals surface area contributed by atoms with Crippen LogP contribution in [0.3, 0.4) is 0 Å². The number of benzene rings is 1. The van der Waals surface area contributed by atoms with Crippen molar-refractivity contribution < 1.29 is 4.79 Å². The maximum Gasteiger partial charge on any atom is 0.246 e. The van der Waals surface area contributed by atoms with E-state index in [9.17, 15) is 4.79 Å². The number of nitrogens with zero attached hydrogens (tertiary/aromatic N) is 4. The Bertz CT molecular complexity index is 1080. The van der Waals surface area contributed by atoms with E-state index in [0.717, 1.165) is 67.3 Å². The molecule has 0 bridgehead atoms. The van der Waals surface area contributed by atoms with Gasteiger partial charge >= 0.3 is 0 Å². The highest BCUT2D eigenvalue weighted by atomic mass is 16.2. The molecule has 2 aromatic heterocycles. The minimum absolute atomic E-state index is 0.0799. The Labute approximate surface area is 177 Å². The van der Waals surface area contributed by atoms with Crippen LogP contribution in [-0.4, -0.2) is 51.6 Å². The second kappa shape index (κ2) is 8.79. The fourth-order valence-electron chi connectivity index (χ4n) is 3.98. The molecule has 0 spiro atoms. The molecule has 1 aromatic carbocycles. The van der Waals surface area contributed by atoms with Gasteiger partial charge in [-0.25, -0.2) is 9.50 Å². The van der Waals surface area contributed by atoms with E-state index in [-0.39, 0.29) is 5.91 Å². The van der Waals surface area contributed by atoms with Gasteiger partial charge in [-0.3, -0.25) is 4.79 Å². The fourth-order valence-corrected chi connectivity index (χ4v) is 3.98. The van der Waals surface area contributed by atoms with Gasteiger partial charge in [0.05, 0.1) is 5.69 Å². The lowest BCUT2D eigenvalue weighted by atomic mass is 10.0. The molecule has 6 heteroatoms. The van der Waals surface area contributed by atoms with Crippen LogP contribution >= 0.6 is 0 Å². The van der Waals surface area contributed by atoms with Gasteiger partial charge in [-0.2, -0.15) is 5.10 Å². The first-order valence-electron chi connectivity index (χ1n) is 10.7. The molecule has 0 radical (unpaired) electrons. The number of aryl methyl sites for hydroxylation is 3. The van der Waals surface area contributed by atoms with Crippen LogP contribution < -0.4 is 5.32 Å². The molecule has 0 saturated carbocycles. The Morgan fingerprint density at radius 1 is 1.17 bits per heavy atom. The Morgan fingerprint density at radius 2 is 1.90 bits per heavy atom. The quantitative estimate of drug-likeness (QED) is 0.666. The van der Waals surface area contributed by atoms with Gasteiger partial charge in [0.2, 0.25) is 5.91 Å². The third-order valence-corrected chi connectivity index (χ3v) is 5.62. The lowest BCUT2D eigenvalue weighted by Crippen LogP contribution is -2.45. The van der Waals surface area contributed by atoms with Crippen molar-refractivity contribution >= 4 is 17.6 Å². The Kier molecular flexibility index (Phi) is 5.95. The summed E-state index contributed by atoms with van der Waals surface area (Å²) in [5.41, 5.74) is 7.61. The number of rotatable bonds is 5. The van der Waals surface area contributed by atoms with Crippen LogP contribution in [0.5, 0.6) is 0 Å².